The van der Waals surface area contributed by atoms with Gasteiger partial charge in [-0.15, -0.1) is 0 Å². The highest BCUT2D eigenvalue weighted by Gasteiger charge is 2.14. The van der Waals surface area contributed by atoms with Gasteiger partial charge in [0.05, 0.1) is 28.3 Å². The van der Waals surface area contributed by atoms with Crippen LogP contribution in [0.2, 0.25) is 5.02 Å². The Balaban J connectivity index is 1.70. The lowest BCUT2D eigenvalue weighted by atomic mass is 10.1. The zero-order chi connectivity index (χ0) is 24.2. The standard InChI is InChI=1S/C23H19ClN2O6S/c1-32-23(29)15-8-6-14(7-9-15)21(27)25-17-10-11-20(19(24)13-17)26-22(28)16-4-3-5-18(12-16)33(2,30)31/h3-13H,1-2H3,(H,25,27)(H,26,28). The lowest BCUT2D eigenvalue weighted by molar-refractivity contribution is 0.0600. The SMILES string of the molecule is COC(=O)c1ccc(C(=O)Nc2ccc(NC(=O)c3cccc(S(C)(=O)=O)c3)c(Cl)c2)cc1. The Labute approximate surface area is 195 Å². The Bertz CT molecular complexity index is 1340. The van der Waals surface area contributed by atoms with Gasteiger partial charge in [-0.3, -0.25) is 9.59 Å². The van der Waals surface area contributed by atoms with Crippen molar-refractivity contribution in [2.75, 3.05) is 24.0 Å². The van der Waals surface area contributed by atoms with Crippen LogP contribution in [-0.2, 0) is 14.6 Å². The number of sulfone groups is 1. The highest BCUT2D eigenvalue weighted by Crippen LogP contribution is 2.26. The largest absolute Gasteiger partial charge is 0.465 e. The molecule has 0 fully saturated rings. The molecule has 2 N–H and O–H groups in total. The van der Waals surface area contributed by atoms with Crippen LogP contribution in [-0.4, -0.2) is 39.6 Å². The number of rotatable bonds is 6. The number of ether oxygens (including phenoxy) is 1. The van der Waals surface area contributed by atoms with Gasteiger partial charge in [0.25, 0.3) is 11.8 Å². The van der Waals surface area contributed by atoms with E-state index in [4.69, 9.17) is 11.6 Å². The molecule has 3 aromatic carbocycles. The molecule has 0 spiro atoms. The van der Waals surface area contributed by atoms with Gasteiger partial charge in [-0.05, 0) is 60.7 Å². The van der Waals surface area contributed by atoms with Crippen molar-refractivity contribution in [3.05, 3.63) is 88.4 Å². The summed E-state index contributed by atoms with van der Waals surface area (Å²) in [6.45, 7) is 0. The Hall–Kier alpha value is -3.69. The van der Waals surface area contributed by atoms with E-state index in [9.17, 15) is 22.8 Å². The predicted octanol–water partition coefficient (Wildman–Crippen LogP) is 4.03. The van der Waals surface area contributed by atoms with Crippen LogP contribution in [0.5, 0.6) is 0 Å². The van der Waals surface area contributed by atoms with Crippen molar-refractivity contribution in [1.82, 2.24) is 0 Å². The summed E-state index contributed by atoms with van der Waals surface area (Å²) >= 11 is 6.25. The van der Waals surface area contributed by atoms with Crippen LogP contribution in [0.4, 0.5) is 11.4 Å². The molecule has 0 radical (unpaired) electrons. The summed E-state index contributed by atoms with van der Waals surface area (Å²) < 4.78 is 28.0. The topological polar surface area (TPSA) is 119 Å². The lowest BCUT2D eigenvalue weighted by Gasteiger charge is -2.11. The number of carbonyl (C=O) groups is 3. The average Bonchev–Trinajstić information content (AvgIpc) is 2.79. The molecule has 3 rings (SSSR count). The monoisotopic (exact) mass is 486 g/mol. The second kappa shape index (κ2) is 9.85. The second-order valence-electron chi connectivity index (χ2n) is 6.97. The molecule has 3 aromatic rings. The summed E-state index contributed by atoms with van der Waals surface area (Å²) in [5.74, 6) is -1.46. The van der Waals surface area contributed by atoms with Gasteiger partial charge in [0.2, 0.25) is 0 Å². The van der Waals surface area contributed by atoms with Gasteiger partial charge in [-0.2, -0.15) is 0 Å². The normalized spacial score (nSPS) is 10.9. The first-order chi connectivity index (χ1) is 15.6. The second-order valence-corrected chi connectivity index (χ2v) is 9.39. The van der Waals surface area contributed by atoms with Crippen molar-refractivity contribution >= 4 is 50.6 Å². The van der Waals surface area contributed by atoms with Crippen molar-refractivity contribution in [1.29, 1.82) is 0 Å². The highest BCUT2D eigenvalue weighted by molar-refractivity contribution is 7.90. The molecule has 170 valence electrons. The Kier molecular flexibility index (Phi) is 7.15. The first-order valence-corrected chi connectivity index (χ1v) is 11.8. The van der Waals surface area contributed by atoms with Gasteiger partial charge < -0.3 is 15.4 Å². The minimum absolute atomic E-state index is 0.0268. The molecule has 0 aliphatic heterocycles. The van der Waals surface area contributed by atoms with Crippen LogP contribution < -0.4 is 10.6 Å². The maximum atomic E-state index is 12.5. The fourth-order valence-electron chi connectivity index (χ4n) is 2.84. The van der Waals surface area contributed by atoms with Gasteiger partial charge in [-0.25, -0.2) is 13.2 Å². The van der Waals surface area contributed by atoms with Gasteiger partial charge in [0, 0.05) is 23.1 Å². The molecular weight excluding hydrogens is 468 g/mol. The molecule has 0 saturated carbocycles. The maximum Gasteiger partial charge on any atom is 0.337 e. The number of amides is 2. The number of esters is 1. The fraction of sp³-hybridized carbons (Fsp3) is 0.0870. The quantitative estimate of drug-likeness (QED) is 0.508. The summed E-state index contributed by atoms with van der Waals surface area (Å²) in [6, 6.07) is 16.1. The zero-order valence-electron chi connectivity index (χ0n) is 17.6. The molecule has 33 heavy (non-hydrogen) atoms. The van der Waals surface area contributed by atoms with E-state index in [1.807, 2.05) is 0 Å². The molecule has 0 bridgehead atoms. The third-order valence-corrected chi connectivity index (χ3v) is 5.99. The fourth-order valence-corrected chi connectivity index (χ4v) is 3.73. The molecule has 0 atom stereocenters. The molecule has 0 heterocycles. The summed E-state index contributed by atoms with van der Waals surface area (Å²) in [5, 5.41) is 5.46. The molecule has 0 saturated heterocycles. The van der Waals surface area contributed by atoms with Gasteiger partial charge in [0.1, 0.15) is 0 Å². The van der Waals surface area contributed by atoms with E-state index in [1.54, 1.807) is 6.07 Å². The maximum absolute atomic E-state index is 12.5. The number of carbonyl (C=O) groups excluding carboxylic acids is 3. The number of hydrogen-bond donors (Lipinski definition) is 2. The Morgan fingerprint density at radius 2 is 1.45 bits per heavy atom. The number of hydrogen-bond acceptors (Lipinski definition) is 6. The molecule has 0 aliphatic carbocycles. The van der Waals surface area contributed by atoms with E-state index in [-0.39, 0.29) is 21.2 Å². The van der Waals surface area contributed by atoms with Crippen molar-refractivity contribution in [2.45, 2.75) is 4.90 Å². The van der Waals surface area contributed by atoms with Crippen LogP contribution in [0.3, 0.4) is 0 Å². The average molecular weight is 487 g/mol. The van der Waals surface area contributed by atoms with Crippen molar-refractivity contribution in [3.63, 3.8) is 0 Å². The first-order valence-electron chi connectivity index (χ1n) is 9.49. The van der Waals surface area contributed by atoms with Gasteiger partial charge in [0.15, 0.2) is 9.84 Å². The first kappa shape index (κ1) is 24.0. The van der Waals surface area contributed by atoms with E-state index >= 15 is 0 Å². The molecular formula is C23H19ClN2O6S. The highest BCUT2D eigenvalue weighted by atomic mass is 35.5. The molecule has 0 unspecified atom stereocenters. The van der Waals surface area contributed by atoms with Crippen molar-refractivity contribution < 1.29 is 27.5 Å². The van der Waals surface area contributed by atoms with Gasteiger partial charge in [-0.1, -0.05) is 17.7 Å². The lowest BCUT2D eigenvalue weighted by Crippen LogP contribution is -2.14. The van der Waals surface area contributed by atoms with E-state index in [0.29, 0.717) is 16.8 Å². The van der Waals surface area contributed by atoms with Crippen LogP contribution in [0, 0.1) is 0 Å². The number of methoxy groups -OCH3 is 1. The Morgan fingerprint density at radius 1 is 0.818 bits per heavy atom. The number of benzene rings is 3. The molecule has 0 aromatic heterocycles. The molecule has 10 heteroatoms. The van der Waals surface area contributed by atoms with Crippen LogP contribution in [0.15, 0.2) is 71.6 Å². The molecule has 2 amide bonds. The number of anilines is 2. The summed E-state index contributed by atoms with van der Waals surface area (Å²) in [7, 11) is -2.19. The van der Waals surface area contributed by atoms with E-state index < -0.39 is 27.6 Å². The smallest absolute Gasteiger partial charge is 0.337 e. The van der Waals surface area contributed by atoms with Crippen molar-refractivity contribution in [3.8, 4) is 0 Å². The van der Waals surface area contributed by atoms with Crippen LogP contribution in [0.1, 0.15) is 31.1 Å². The summed E-state index contributed by atoms with van der Waals surface area (Å²) in [5.41, 5.74) is 1.47. The predicted molar refractivity (Wildman–Crippen MR) is 125 cm³/mol. The van der Waals surface area contributed by atoms with E-state index in [0.717, 1.165) is 6.26 Å². The van der Waals surface area contributed by atoms with E-state index in [1.165, 1.54) is 67.8 Å². The number of halogens is 1. The minimum atomic E-state index is -3.46. The summed E-state index contributed by atoms with van der Waals surface area (Å²) in [6.07, 6.45) is 1.06. The number of nitrogens with one attached hydrogen (secondary N) is 2. The minimum Gasteiger partial charge on any atom is -0.465 e. The van der Waals surface area contributed by atoms with E-state index in [2.05, 4.69) is 15.4 Å². The summed E-state index contributed by atoms with van der Waals surface area (Å²) in [4.78, 5) is 36.5. The third kappa shape index (κ3) is 5.97. The zero-order valence-corrected chi connectivity index (χ0v) is 19.2. The van der Waals surface area contributed by atoms with Crippen molar-refractivity contribution in [2.24, 2.45) is 0 Å². The molecule has 0 aliphatic rings. The Morgan fingerprint density at radius 3 is 2.06 bits per heavy atom. The third-order valence-electron chi connectivity index (χ3n) is 4.57. The van der Waals surface area contributed by atoms with Crippen LogP contribution in [0.25, 0.3) is 0 Å². The van der Waals surface area contributed by atoms with Crippen LogP contribution >= 0.6 is 11.6 Å². The van der Waals surface area contributed by atoms with Gasteiger partial charge >= 0.3 is 5.97 Å². The molecule has 8 nitrogen and oxygen atoms in total.